The maximum absolute atomic E-state index is 12.0. The number of hydrogen-bond acceptors (Lipinski definition) is 3. The smallest absolute Gasteiger partial charge is 0.191 e. The second-order valence-electron chi connectivity index (χ2n) is 6.10. The van der Waals surface area contributed by atoms with Crippen LogP contribution in [0.2, 0.25) is 0 Å². The van der Waals surface area contributed by atoms with Gasteiger partial charge in [0.25, 0.3) is 0 Å². The summed E-state index contributed by atoms with van der Waals surface area (Å²) in [6.07, 6.45) is 0.878. The van der Waals surface area contributed by atoms with E-state index in [2.05, 4.69) is 15.6 Å². The third-order valence-corrected chi connectivity index (χ3v) is 5.05. The minimum absolute atomic E-state index is 0.173. The van der Waals surface area contributed by atoms with Crippen molar-refractivity contribution in [3.8, 4) is 5.75 Å². The molecule has 1 unspecified atom stereocenters. The Hall–Kier alpha value is -1.56. The Morgan fingerprint density at radius 3 is 2.43 bits per heavy atom. The molecule has 6 heteroatoms. The summed E-state index contributed by atoms with van der Waals surface area (Å²) >= 11 is 0. The van der Waals surface area contributed by atoms with Gasteiger partial charge in [-0.15, -0.1) is 0 Å². The van der Waals surface area contributed by atoms with Crippen LogP contribution in [0.1, 0.15) is 27.2 Å². The first-order valence-electron chi connectivity index (χ1n) is 7.94. The second-order valence-corrected chi connectivity index (χ2v) is 8.43. The fourth-order valence-corrected chi connectivity index (χ4v) is 2.67. The van der Waals surface area contributed by atoms with Crippen molar-refractivity contribution in [2.45, 2.75) is 31.9 Å². The standard InChI is InChI=1S/C17H29N3O2S/c1-17(2,3)23(21)14-12-20-16(18-4)19-11-8-13-22-15-9-6-5-7-10-15/h5-7,9-10H,8,11-14H2,1-4H3,(H2,18,19,20). The molecule has 0 radical (unpaired) electrons. The zero-order valence-corrected chi connectivity index (χ0v) is 15.4. The van der Waals surface area contributed by atoms with Gasteiger partial charge in [0, 0.05) is 41.4 Å². The minimum atomic E-state index is -0.851. The molecule has 23 heavy (non-hydrogen) atoms. The van der Waals surface area contributed by atoms with Gasteiger partial charge in [-0.2, -0.15) is 0 Å². The summed E-state index contributed by atoms with van der Waals surface area (Å²) in [6.45, 7) is 8.04. The molecule has 1 aromatic rings. The Morgan fingerprint density at radius 2 is 1.83 bits per heavy atom. The molecule has 5 nitrogen and oxygen atoms in total. The molecule has 1 aromatic carbocycles. The number of ether oxygens (including phenoxy) is 1. The molecule has 0 aromatic heterocycles. The van der Waals surface area contributed by atoms with Gasteiger partial charge in [0.2, 0.25) is 0 Å². The van der Waals surface area contributed by atoms with Crippen molar-refractivity contribution in [1.29, 1.82) is 0 Å². The van der Waals surface area contributed by atoms with E-state index < -0.39 is 10.8 Å². The third-order valence-electron chi connectivity index (χ3n) is 3.11. The third kappa shape index (κ3) is 8.59. The molecule has 130 valence electrons. The predicted molar refractivity (Wildman–Crippen MR) is 98.7 cm³/mol. The van der Waals surface area contributed by atoms with Crippen LogP contribution in [0, 0.1) is 0 Å². The van der Waals surface area contributed by atoms with Crippen molar-refractivity contribution in [1.82, 2.24) is 10.6 Å². The fourth-order valence-electron chi connectivity index (χ4n) is 1.77. The largest absolute Gasteiger partial charge is 0.494 e. The monoisotopic (exact) mass is 339 g/mol. The summed E-state index contributed by atoms with van der Waals surface area (Å²) in [5, 5.41) is 6.41. The van der Waals surface area contributed by atoms with Crippen molar-refractivity contribution < 1.29 is 8.95 Å². The SMILES string of the molecule is CN=C(NCCCOc1ccccc1)NCCS(=O)C(C)(C)C. The van der Waals surface area contributed by atoms with E-state index in [1.54, 1.807) is 7.05 Å². The normalized spacial score (nSPS) is 13.5. The first-order chi connectivity index (χ1) is 10.9. The van der Waals surface area contributed by atoms with Crippen molar-refractivity contribution in [3.05, 3.63) is 30.3 Å². The molecule has 0 spiro atoms. The average Bonchev–Trinajstić information content (AvgIpc) is 2.52. The van der Waals surface area contributed by atoms with E-state index in [0.29, 0.717) is 18.9 Å². The Labute approximate surface area is 142 Å². The van der Waals surface area contributed by atoms with Gasteiger partial charge in [-0.05, 0) is 39.3 Å². The zero-order valence-electron chi connectivity index (χ0n) is 14.6. The van der Waals surface area contributed by atoms with Gasteiger partial charge in [0.05, 0.1) is 6.61 Å². The first-order valence-corrected chi connectivity index (χ1v) is 9.26. The van der Waals surface area contributed by atoms with Crippen LogP contribution >= 0.6 is 0 Å². The lowest BCUT2D eigenvalue weighted by molar-refractivity contribution is 0.311. The highest BCUT2D eigenvalue weighted by atomic mass is 32.2. The van der Waals surface area contributed by atoms with Crippen LogP contribution in [0.15, 0.2) is 35.3 Å². The van der Waals surface area contributed by atoms with Crippen LogP contribution in [-0.2, 0) is 10.8 Å². The van der Waals surface area contributed by atoms with Crippen LogP contribution < -0.4 is 15.4 Å². The van der Waals surface area contributed by atoms with Crippen LogP contribution in [-0.4, -0.2) is 47.4 Å². The number of nitrogens with zero attached hydrogens (tertiary/aromatic N) is 1. The first kappa shape index (κ1) is 19.5. The molecule has 1 rings (SSSR count). The van der Waals surface area contributed by atoms with Gasteiger partial charge in [-0.1, -0.05) is 18.2 Å². The summed E-state index contributed by atoms with van der Waals surface area (Å²) in [5.74, 6) is 2.23. The van der Waals surface area contributed by atoms with Crippen LogP contribution in [0.25, 0.3) is 0 Å². The quantitative estimate of drug-likeness (QED) is 0.433. The molecular formula is C17H29N3O2S. The molecule has 0 aliphatic rings. The zero-order chi connectivity index (χ0) is 17.1. The maximum Gasteiger partial charge on any atom is 0.191 e. The van der Waals surface area contributed by atoms with E-state index in [1.807, 2.05) is 51.1 Å². The van der Waals surface area contributed by atoms with E-state index in [-0.39, 0.29) is 4.75 Å². The second kappa shape index (κ2) is 10.3. The summed E-state index contributed by atoms with van der Waals surface area (Å²) in [4.78, 5) is 4.16. The highest BCUT2D eigenvalue weighted by molar-refractivity contribution is 7.86. The predicted octanol–water partition coefficient (Wildman–Crippen LogP) is 2.17. The van der Waals surface area contributed by atoms with Gasteiger partial charge in [-0.25, -0.2) is 0 Å². The van der Waals surface area contributed by atoms with Crippen molar-refractivity contribution in [2.75, 3.05) is 32.5 Å². The average molecular weight is 340 g/mol. The molecule has 0 saturated carbocycles. The highest BCUT2D eigenvalue weighted by Crippen LogP contribution is 2.10. The number of rotatable bonds is 8. The highest BCUT2D eigenvalue weighted by Gasteiger charge is 2.18. The molecule has 2 N–H and O–H groups in total. The molecule has 0 fully saturated rings. The Balaban J connectivity index is 2.13. The molecule has 0 amide bonds. The van der Waals surface area contributed by atoms with E-state index in [0.717, 1.165) is 24.7 Å². The molecule has 1 atom stereocenters. The van der Waals surface area contributed by atoms with Crippen molar-refractivity contribution in [2.24, 2.45) is 4.99 Å². The number of benzene rings is 1. The number of para-hydroxylation sites is 1. The topological polar surface area (TPSA) is 62.7 Å². The minimum Gasteiger partial charge on any atom is -0.494 e. The van der Waals surface area contributed by atoms with Crippen molar-refractivity contribution in [3.63, 3.8) is 0 Å². The molecule has 0 heterocycles. The maximum atomic E-state index is 12.0. The summed E-state index contributed by atoms with van der Waals surface area (Å²) in [6, 6.07) is 9.78. The van der Waals surface area contributed by atoms with Gasteiger partial charge in [-0.3, -0.25) is 9.20 Å². The van der Waals surface area contributed by atoms with E-state index in [9.17, 15) is 4.21 Å². The lowest BCUT2D eigenvalue weighted by Crippen LogP contribution is -2.41. The van der Waals surface area contributed by atoms with Crippen LogP contribution in [0.5, 0.6) is 5.75 Å². The number of aliphatic imine (C=N–C) groups is 1. The van der Waals surface area contributed by atoms with Gasteiger partial charge in [0.1, 0.15) is 5.75 Å². The lowest BCUT2D eigenvalue weighted by atomic mass is 10.3. The summed E-state index contributed by atoms with van der Waals surface area (Å²) < 4.78 is 17.4. The Bertz CT molecular complexity index is 498. The molecular weight excluding hydrogens is 310 g/mol. The Morgan fingerprint density at radius 1 is 1.17 bits per heavy atom. The molecule has 0 saturated heterocycles. The van der Waals surface area contributed by atoms with Crippen LogP contribution in [0.3, 0.4) is 0 Å². The number of hydrogen-bond donors (Lipinski definition) is 2. The molecule has 0 aliphatic heterocycles. The molecule has 0 bridgehead atoms. The summed E-state index contributed by atoms with van der Waals surface area (Å²) in [5.41, 5.74) is 0. The van der Waals surface area contributed by atoms with Crippen molar-refractivity contribution >= 4 is 16.8 Å². The van der Waals surface area contributed by atoms with E-state index in [1.165, 1.54) is 0 Å². The van der Waals surface area contributed by atoms with E-state index in [4.69, 9.17) is 4.74 Å². The van der Waals surface area contributed by atoms with E-state index >= 15 is 0 Å². The van der Waals surface area contributed by atoms with Gasteiger partial charge in [0.15, 0.2) is 5.96 Å². The van der Waals surface area contributed by atoms with Gasteiger partial charge < -0.3 is 15.4 Å². The summed E-state index contributed by atoms with van der Waals surface area (Å²) in [7, 11) is 0.882. The fraction of sp³-hybridized carbons (Fsp3) is 0.588. The van der Waals surface area contributed by atoms with Gasteiger partial charge >= 0.3 is 0 Å². The molecule has 0 aliphatic carbocycles. The number of nitrogens with one attached hydrogen (secondary N) is 2. The number of guanidine groups is 1. The lowest BCUT2D eigenvalue weighted by Gasteiger charge is -2.18. The van der Waals surface area contributed by atoms with Crippen LogP contribution in [0.4, 0.5) is 0 Å². The Kier molecular flexibility index (Phi) is 8.69.